The van der Waals surface area contributed by atoms with Gasteiger partial charge in [0.15, 0.2) is 0 Å². The maximum absolute atomic E-state index is 2.43. The zero-order valence-electron chi connectivity index (χ0n) is 31.2. The highest BCUT2D eigenvalue weighted by atomic mass is 32.1. The maximum Gasteiger partial charge on any atom is 0.0548 e. The van der Waals surface area contributed by atoms with Gasteiger partial charge in [-0.05, 0) is 107 Å². The summed E-state index contributed by atoms with van der Waals surface area (Å²) >= 11 is 3.76. The molecule has 4 aromatic heterocycles. The van der Waals surface area contributed by atoms with Gasteiger partial charge in [-0.15, -0.1) is 22.7 Å². The molecule has 0 bridgehead atoms. The Morgan fingerprint density at radius 1 is 0.259 bits per heavy atom. The topological polar surface area (TPSA) is 9.86 Å². The Bertz CT molecular complexity index is 3520. The van der Waals surface area contributed by atoms with Gasteiger partial charge >= 0.3 is 0 Å². The molecule has 2 nitrogen and oxygen atoms in total. The molecule has 0 amide bonds. The lowest BCUT2D eigenvalue weighted by Gasteiger charge is -2.09. The standard InChI is InChI=1S/C54H32N2S2/c1-3-11-37(12-4-1)55-43-25-23-35(31-41(43)51-45(55)27-29-49-53(51)39-15-7-9-17-47(39)57-49)33-19-21-34(22-20-33)36-24-26-44-42(32-36)52-46(56(44)38-13-5-2-6-14-38)28-30-50-54(52)40-16-8-10-18-48(40)58-50/h1-32H. The van der Waals surface area contributed by atoms with Gasteiger partial charge in [0.2, 0.25) is 0 Å². The van der Waals surface area contributed by atoms with Gasteiger partial charge in [0.1, 0.15) is 0 Å². The molecule has 58 heavy (non-hydrogen) atoms. The van der Waals surface area contributed by atoms with Gasteiger partial charge in [-0.3, -0.25) is 0 Å². The van der Waals surface area contributed by atoms with Crippen molar-refractivity contribution in [3.63, 3.8) is 0 Å². The van der Waals surface area contributed by atoms with Crippen LogP contribution < -0.4 is 0 Å². The van der Waals surface area contributed by atoms with E-state index < -0.39 is 0 Å². The zero-order chi connectivity index (χ0) is 37.9. The molecule has 4 heterocycles. The molecular weight excluding hydrogens is 741 g/mol. The van der Waals surface area contributed by atoms with E-state index in [2.05, 4.69) is 203 Å². The van der Waals surface area contributed by atoms with Crippen LogP contribution in [0.2, 0.25) is 0 Å². The molecule has 0 aliphatic heterocycles. The molecule has 0 unspecified atom stereocenters. The summed E-state index contributed by atoms with van der Waals surface area (Å²) in [5.41, 5.74) is 12.1. The van der Waals surface area contributed by atoms with Gasteiger partial charge in [-0.2, -0.15) is 0 Å². The van der Waals surface area contributed by atoms with Crippen molar-refractivity contribution in [2.45, 2.75) is 0 Å². The summed E-state index contributed by atoms with van der Waals surface area (Å²) < 4.78 is 10.2. The predicted molar refractivity (Wildman–Crippen MR) is 252 cm³/mol. The average Bonchev–Trinajstić information content (AvgIpc) is 4.04. The third-order valence-electron chi connectivity index (χ3n) is 12.1. The number of thiophene rings is 2. The third kappa shape index (κ3) is 4.58. The van der Waals surface area contributed by atoms with E-state index in [4.69, 9.17) is 0 Å². The Morgan fingerprint density at radius 2 is 0.638 bits per heavy atom. The maximum atomic E-state index is 2.43. The molecule has 0 aliphatic carbocycles. The van der Waals surface area contributed by atoms with Crippen LogP contribution in [-0.2, 0) is 0 Å². The zero-order valence-corrected chi connectivity index (χ0v) is 32.8. The molecule has 0 spiro atoms. The van der Waals surface area contributed by atoms with Crippen LogP contribution in [0.25, 0.3) is 118 Å². The van der Waals surface area contributed by atoms with Crippen LogP contribution in [0.5, 0.6) is 0 Å². The van der Waals surface area contributed by atoms with E-state index in [9.17, 15) is 0 Å². The van der Waals surface area contributed by atoms with Crippen LogP contribution >= 0.6 is 22.7 Å². The SMILES string of the molecule is c1ccc(-n2c3ccc(-c4ccc(-c5ccc6c(c5)c5c7c(ccc5n6-c5ccccc5)sc5ccccc57)cc4)cc3c3c4c(ccc32)sc2ccccc24)cc1. The second-order valence-corrected chi connectivity index (χ2v) is 17.4. The van der Waals surface area contributed by atoms with Gasteiger partial charge in [0, 0.05) is 73.3 Å². The fourth-order valence-corrected chi connectivity index (χ4v) is 11.8. The van der Waals surface area contributed by atoms with E-state index in [0.717, 1.165) is 0 Å². The number of aromatic nitrogens is 2. The number of benzene rings is 9. The van der Waals surface area contributed by atoms with Crippen LogP contribution in [0, 0.1) is 0 Å². The van der Waals surface area contributed by atoms with Crippen LogP contribution in [0.1, 0.15) is 0 Å². The van der Waals surface area contributed by atoms with Crippen molar-refractivity contribution in [3.05, 3.63) is 194 Å². The molecule has 0 saturated heterocycles. The first kappa shape index (κ1) is 32.1. The summed E-state index contributed by atoms with van der Waals surface area (Å²) in [6.07, 6.45) is 0. The van der Waals surface area contributed by atoms with Crippen molar-refractivity contribution in [1.29, 1.82) is 0 Å². The van der Waals surface area contributed by atoms with Crippen molar-refractivity contribution >= 4 is 107 Å². The van der Waals surface area contributed by atoms with Crippen LogP contribution in [-0.4, -0.2) is 9.13 Å². The molecule has 0 radical (unpaired) electrons. The predicted octanol–water partition coefficient (Wildman–Crippen LogP) is 16.0. The van der Waals surface area contributed by atoms with Gasteiger partial charge in [-0.1, -0.05) is 109 Å². The van der Waals surface area contributed by atoms with Crippen molar-refractivity contribution in [2.75, 3.05) is 0 Å². The molecule has 4 heteroatoms. The monoisotopic (exact) mass is 772 g/mol. The molecular formula is C54H32N2S2. The van der Waals surface area contributed by atoms with Crippen LogP contribution in [0.4, 0.5) is 0 Å². The first-order valence-electron chi connectivity index (χ1n) is 19.8. The molecule has 0 aliphatic rings. The van der Waals surface area contributed by atoms with Crippen molar-refractivity contribution in [1.82, 2.24) is 9.13 Å². The summed E-state index contributed by atoms with van der Waals surface area (Å²) in [6.45, 7) is 0. The van der Waals surface area contributed by atoms with Gasteiger partial charge in [0.05, 0.1) is 22.1 Å². The van der Waals surface area contributed by atoms with Crippen molar-refractivity contribution in [2.24, 2.45) is 0 Å². The first-order valence-corrected chi connectivity index (χ1v) is 21.4. The number of nitrogens with zero attached hydrogens (tertiary/aromatic N) is 2. The first-order chi connectivity index (χ1) is 28.8. The molecule has 270 valence electrons. The van der Waals surface area contributed by atoms with Crippen LogP contribution in [0.15, 0.2) is 194 Å². The molecule has 0 N–H and O–H groups in total. The fourth-order valence-electron chi connectivity index (χ4n) is 9.58. The Labute approximate surface area is 341 Å². The lowest BCUT2D eigenvalue weighted by Crippen LogP contribution is -1.93. The molecule has 9 aromatic carbocycles. The Balaban J connectivity index is 0.984. The van der Waals surface area contributed by atoms with Crippen molar-refractivity contribution < 1.29 is 0 Å². The van der Waals surface area contributed by atoms with E-state index >= 15 is 0 Å². The summed E-state index contributed by atoms with van der Waals surface area (Å²) in [7, 11) is 0. The van der Waals surface area contributed by atoms with Crippen molar-refractivity contribution in [3.8, 4) is 33.6 Å². The summed E-state index contributed by atoms with van der Waals surface area (Å²) in [6, 6.07) is 71.7. The Kier molecular flexibility index (Phi) is 6.79. The van der Waals surface area contributed by atoms with E-state index in [0.29, 0.717) is 0 Å². The molecule has 0 atom stereocenters. The number of para-hydroxylation sites is 2. The minimum atomic E-state index is 1.18. The number of hydrogen-bond acceptors (Lipinski definition) is 2. The van der Waals surface area contributed by atoms with Crippen LogP contribution in [0.3, 0.4) is 0 Å². The van der Waals surface area contributed by atoms with E-state index in [1.165, 1.54) is 118 Å². The number of fused-ring (bicyclic) bond motifs is 14. The largest absolute Gasteiger partial charge is 0.309 e. The lowest BCUT2D eigenvalue weighted by molar-refractivity contribution is 1.18. The fraction of sp³-hybridized carbons (Fsp3) is 0. The smallest absolute Gasteiger partial charge is 0.0548 e. The lowest BCUT2D eigenvalue weighted by atomic mass is 9.97. The number of hydrogen-bond donors (Lipinski definition) is 0. The van der Waals surface area contributed by atoms with E-state index in [1.54, 1.807) is 0 Å². The summed E-state index contributed by atoms with van der Waals surface area (Å²) in [5.74, 6) is 0. The van der Waals surface area contributed by atoms with E-state index in [1.807, 2.05) is 22.7 Å². The molecule has 13 aromatic rings. The normalized spacial score (nSPS) is 12.1. The average molecular weight is 773 g/mol. The van der Waals surface area contributed by atoms with Gasteiger partial charge in [0.25, 0.3) is 0 Å². The number of rotatable bonds is 4. The highest BCUT2D eigenvalue weighted by Crippen LogP contribution is 2.46. The minimum Gasteiger partial charge on any atom is -0.309 e. The van der Waals surface area contributed by atoms with Gasteiger partial charge in [-0.25, -0.2) is 0 Å². The van der Waals surface area contributed by atoms with Gasteiger partial charge < -0.3 is 9.13 Å². The molecule has 0 fully saturated rings. The second-order valence-electron chi connectivity index (χ2n) is 15.2. The molecule has 13 rings (SSSR count). The highest BCUT2D eigenvalue weighted by molar-refractivity contribution is 7.26. The summed E-state index contributed by atoms with van der Waals surface area (Å²) in [5, 5.41) is 10.6. The van der Waals surface area contributed by atoms with E-state index in [-0.39, 0.29) is 0 Å². The quantitative estimate of drug-likeness (QED) is 0.169. The third-order valence-corrected chi connectivity index (χ3v) is 14.4. The summed E-state index contributed by atoms with van der Waals surface area (Å²) in [4.78, 5) is 0. The Morgan fingerprint density at radius 3 is 1.09 bits per heavy atom. The molecule has 0 saturated carbocycles. The second kappa shape index (κ2) is 12.3. The highest BCUT2D eigenvalue weighted by Gasteiger charge is 2.20. The minimum absolute atomic E-state index is 1.18. The Hall–Kier alpha value is -6.98.